The molecule has 31 heavy (non-hydrogen) atoms. The van der Waals surface area contributed by atoms with Gasteiger partial charge in [-0.3, -0.25) is 0 Å². The molecule has 0 aromatic heterocycles. The van der Waals surface area contributed by atoms with E-state index in [-0.39, 0.29) is 36.0 Å². The van der Waals surface area contributed by atoms with Crippen molar-refractivity contribution in [3.63, 3.8) is 0 Å². The maximum atomic E-state index is 13.4. The highest BCUT2D eigenvalue weighted by Crippen LogP contribution is 2.25. The predicted molar refractivity (Wildman–Crippen MR) is 116 cm³/mol. The van der Waals surface area contributed by atoms with E-state index in [0.29, 0.717) is 0 Å². The molecule has 0 spiro atoms. The minimum Gasteiger partial charge on any atom is -0.207 e. The fourth-order valence-corrected chi connectivity index (χ4v) is 6.40. The molecule has 0 bridgehead atoms. The highest BCUT2D eigenvalue weighted by molar-refractivity contribution is 7.89. The van der Waals surface area contributed by atoms with Crippen LogP contribution in [0.15, 0.2) is 88.7 Å². The van der Waals surface area contributed by atoms with E-state index < -0.39 is 25.9 Å². The first-order valence-corrected chi connectivity index (χ1v) is 12.6. The molecule has 0 aliphatic carbocycles. The number of hydrogen-bond acceptors (Lipinski definition) is 4. The van der Waals surface area contributed by atoms with Crippen LogP contribution in [0.2, 0.25) is 0 Å². The van der Waals surface area contributed by atoms with E-state index in [1.165, 1.54) is 26.8 Å². The Labute approximate surface area is 181 Å². The average Bonchev–Trinajstić information content (AvgIpc) is 2.80. The number of hydrogen-bond donors (Lipinski definition) is 0. The van der Waals surface area contributed by atoms with Gasteiger partial charge in [0.25, 0.3) is 0 Å². The van der Waals surface area contributed by atoms with Gasteiger partial charge in [-0.1, -0.05) is 48.5 Å². The first-order chi connectivity index (χ1) is 14.8. The van der Waals surface area contributed by atoms with Crippen molar-refractivity contribution < 1.29 is 21.2 Å². The lowest BCUT2D eigenvalue weighted by Gasteiger charge is -2.33. The van der Waals surface area contributed by atoms with Crippen LogP contribution >= 0.6 is 0 Å². The summed E-state index contributed by atoms with van der Waals surface area (Å²) in [4.78, 5) is 0.0222. The summed E-state index contributed by atoms with van der Waals surface area (Å²) in [5.41, 5.74) is 1.90. The first kappa shape index (κ1) is 21.6. The lowest BCUT2D eigenvalue weighted by atomic mass is 10.1. The van der Waals surface area contributed by atoms with E-state index >= 15 is 0 Å². The summed E-state index contributed by atoms with van der Waals surface area (Å²) < 4.78 is 67.4. The molecule has 3 aromatic rings. The summed E-state index contributed by atoms with van der Waals surface area (Å²) in [6.45, 7) is 0.0506. The van der Waals surface area contributed by atoms with Gasteiger partial charge in [-0.25, -0.2) is 21.2 Å². The van der Waals surface area contributed by atoms with Gasteiger partial charge in [0.15, 0.2) is 0 Å². The van der Waals surface area contributed by atoms with E-state index in [4.69, 9.17) is 0 Å². The predicted octanol–water partition coefficient (Wildman–Crippen LogP) is 3.19. The van der Waals surface area contributed by atoms with Crippen molar-refractivity contribution in [2.24, 2.45) is 0 Å². The second-order valence-electron chi connectivity index (χ2n) is 7.16. The van der Waals surface area contributed by atoms with Gasteiger partial charge in [0.05, 0.1) is 9.79 Å². The van der Waals surface area contributed by atoms with Gasteiger partial charge >= 0.3 is 0 Å². The summed E-state index contributed by atoms with van der Waals surface area (Å²) in [7, 11) is -7.63. The fraction of sp³-hybridized carbons (Fsp3) is 0.182. The number of sulfonamides is 2. The van der Waals surface area contributed by atoms with Crippen molar-refractivity contribution in [2.45, 2.75) is 9.79 Å². The van der Waals surface area contributed by atoms with Crippen LogP contribution in [0.25, 0.3) is 11.1 Å². The molecule has 0 N–H and O–H groups in total. The standard InChI is InChI=1S/C22H21FN2O4S2/c23-20-7-4-8-22(17-20)31(28,29)25-15-13-24(14-16-25)30(26,27)21-11-9-19(10-12-21)18-5-2-1-3-6-18/h1-12,17H,13-16H2. The number of nitrogens with zero attached hydrogens (tertiary/aromatic N) is 2. The fourth-order valence-electron chi connectivity index (χ4n) is 3.53. The minimum atomic E-state index is -3.88. The Morgan fingerprint density at radius 3 is 1.65 bits per heavy atom. The maximum Gasteiger partial charge on any atom is 0.243 e. The summed E-state index contributed by atoms with van der Waals surface area (Å²) in [5, 5.41) is 0. The van der Waals surface area contributed by atoms with Crippen LogP contribution < -0.4 is 0 Å². The molecule has 1 heterocycles. The van der Waals surface area contributed by atoms with Gasteiger partial charge < -0.3 is 0 Å². The molecular weight excluding hydrogens is 439 g/mol. The molecule has 0 atom stereocenters. The summed E-state index contributed by atoms with van der Waals surface area (Å²) in [5.74, 6) is -0.638. The van der Waals surface area contributed by atoms with Gasteiger partial charge in [-0.05, 0) is 41.5 Å². The number of benzene rings is 3. The van der Waals surface area contributed by atoms with Gasteiger partial charge in [0, 0.05) is 26.2 Å². The smallest absolute Gasteiger partial charge is 0.207 e. The quantitative estimate of drug-likeness (QED) is 0.586. The van der Waals surface area contributed by atoms with Crippen LogP contribution in [0.5, 0.6) is 0 Å². The molecule has 0 unspecified atom stereocenters. The second-order valence-corrected chi connectivity index (χ2v) is 11.0. The SMILES string of the molecule is O=S(=O)(c1ccc(-c2ccccc2)cc1)N1CCN(S(=O)(=O)c2cccc(F)c2)CC1. The molecule has 0 amide bonds. The molecule has 4 rings (SSSR count). The zero-order chi connectivity index (χ0) is 22.1. The topological polar surface area (TPSA) is 74.8 Å². The Kier molecular flexibility index (Phi) is 5.94. The highest BCUT2D eigenvalue weighted by Gasteiger charge is 2.33. The maximum absolute atomic E-state index is 13.4. The van der Waals surface area contributed by atoms with Crippen LogP contribution in [0.3, 0.4) is 0 Å². The van der Waals surface area contributed by atoms with Crippen LogP contribution in [-0.4, -0.2) is 51.6 Å². The minimum absolute atomic E-state index is 0.000174. The number of piperazine rings is 1. The van der Waals surface area contributed by atoms with E-state index in [1.807, 2.05) is 30.3 Å². The number of rotatable bonds is 5. The third kappa shape index (κ3) is 4.40. The highest BCUT2D eigenvalue weighted by atomic mass is 32.2. The van der Waals surface area contributed by atoms with Crippen molar-refractivity contribution in [3.8, 4) is 11.1 Å². The van der Waals surface area contributed by atoms with Crippen molar-refractivity contribution in [3.05, 3.63) is 84.7 Å². The van der Waals surface area contributed by atoms with E-state index in [9.17, 15) is 21.2 Å². The van der Waals surface area contributed by atoms with E-state index in [0.717, 1.165) is 17.2 Å². The summed E-state index contributed by atoms with van der Waals surface area (Å²) >= 11 is 0. The van der Waals surface area contributed by atoms with Gasteiger partial charge in [0.2, 0.25) is 20.0 Å². The molecule has 3 aromatic carbocycles. The van der Waals surface area contributed by atoms with Crippen LogP contribution in [-0.2, 0) is 20.0 Å². The van der Waals surface area contributed by atoms with Crippen LogP contribution in [0, 0.1) is 5.82 Å². The average molecular weight is 461 g/mol. The third-order valence-electron chi connectivity index (χ3n) is 5.23. The third-order valence-corrected chi connectivity index (χ3v) is 9.04. The largest absolute Gasteiger partial charge is 0.243 e. The first-order valence-electron chi connectivity index (χ1n) is 9.70. The van der Waals surface area contributed by atoms with Gasteiger partial charge in [-0.2, -0.15) is 8.61 Å². The molecule has 1 aliphatic rings. The molecule has 0 radical (unpaired) electrons. The van der Waals surface area contributed by atoms with Crippen molar-refractivity contribution in [1.82, 2.24) is 8.61 Å². The van der Waals surface area contributed by atoms with Crippen molar-refractivity contribution in [2.75, 3.05) is 26.2 Å². The lowest BCUT2D eigenvalue weighted by Crippen LogP contribution is -2.50. The number of halogens is 1. The summed E-state index contributed by atoms with van der Waals surface area (Å²) in [6.07, 6.45) is 0. The van der Waals surface area contributed by atoms with E-state index in [1.54, 1.807) is 24.3 Å². The Hall–Kier alpha value is -2.59. The Morgan fingerprint density at radius 1 is 0.581 bits per heavy atom. The Morgan fingerprint density at radius 2 is 1.10 bits per heavy atom. The zero-order valence-electron chi connectivity index (χ0n) is 16.6. The molecule has 9 heteroatoms. The van der Waals surface area contributed by atoms with E-state index in [2.05, 4.69) is 0 Å². The molecular formula is C22H21FN2O4S2. The molecule has 1 saturated heterocycles. The molecule has 1 fully saturated rings. The van der Waals surface area contributed by atoms with Gasteiger partial charge in [-0.15, -0.1) is 0 Å². The summed E-state index contributed by atoms with van der Waals surface area (Å²) in [6, 6.07) is 21.1. The molecule has 0 saturated carbocycles. The van der Waals surface area contributed by atoms with Gasteiger partial charge in [0.1, 0.15) is 5.82 Å². The Bertz CT molecular complexity index is 1270. The molecule has 1 aliphatic heterocycles. The normalized spacial score (nSPS) is 16.3. The molecule has 6 nitrogen and oxygen atoms in total. The van der Waals surface area contributed by atoms with Crippen molar-refractivity contribution in [1.29, 1.82) is 0 Å². The monoisotopic (exact) mass is 460 g/mol. The lowest BCUT2D eigenvalue weighted by molar-refractivity contribution is 0.272. The zero-order valence-corrected chi connectivity index (χ0v) is 18.2. The van der Waals surface area contributed by atoms with Crippen molar-refractivity contribution >= 4 is 20.0 Å². The van der Waals surface area contributed by atoms with Crippen LogP contribution in [0.1, 0.15) is 0 Å². The second kappa shape index (κ2) is 8.51. The Balaban J connectivity index is 1.48. The molecule has 162 valence electrons. The van der Waals surface area contributed by atoms with Crippen LogP contribution in [0.4, 0.5) is 4.39 Å².